The van der Waals surface area contributed by atoms with E-state index in [2.05, 4.69) is 5.32 Å². The lowest BCUT2D eigenvalue weighted by molar-refractivity contribution is -0.121. The summed E-state index contributed by atoms with van der Waals surface area (Å²) >= 11 is 0. The zero-order valence-electron chi connectivity index (χ0n) is 16.8. The molecule has 0 aliphatic carbocycles. The molecule has 31 heavy (non-hydrogen) atoms. The van der Waals surface area contributed by atoms with Crippen LogP contribution in [0.4, 0.5) is 4.39 Å². The minimum Gasteiger partial charge on any atom is -0.354 e. The lowest BCUT2D eigenvalue weighted by Crippen LogP contribution is -2.44. The number of fused-ring (bicyclic) bond motifs is 1. The Balaban J connectivity index is 1.24. The van der Waals surface area contributed by atoms with Gasteiger partial charge in [-0.2, -0.15) is 0 Å². The van der Waals surface area contributed by atoms with Crippen molar-refractivity contribution in [2.24, 2.45) is 5.92 Å². The summed E-state index contributed by atoms with van der Waals surface area (Å²) < 4.78 is 13.8. The molecule has 0 saturated carbocycles. The van der Waals surface area contributed by atoms with Crippen LogP contribution >= 0.6 is 0 Å². The number of piperidine rings is 1. The Morgan fingerprint density at radius 2 is 1.52 bits per heavy atom. The third-order valence-electron chi connectivity index (χ3n) is 5.77. The largest absolute Gasteiger partial charge is 0.354 e. The smallest absolute Gasteiger partial charge is 0.262 e. The number of benzene rings is 2. The number of hydrogen-bond acceptors (Lipinski definition) is 4. The summed E-state index contributed by atoms with van der Waals surface area (Å²) in [6.45, 7) is 1.03. The zero-order chi connectivity index (χ0) is 22.0. The van der Waals surface area contributed by atoms with Crippen LogP contribution in [0.3, 0.4) is 0 Å². The lowest BCUT2D eigenvalue weighted by Gasteiger charge is -2.32. The first-order chi connectivity index (χ1) is 15.0. The standard InChI is InChI=1S/C23H22FN3O4/c24-19-8-4-3-7-18(19)21(29)26-11-9-15(10-12-26)13-25-20(28)14-27-22(30)16-5-1-2-6-17(16)23(27)31/h1-8,15H,9-14H2,(H,25,28). The molecule has 0 atom stereocenters. The van der Waals surface area contributed by atoms with E-state index in [1.54, 1.807) is 41.3 Å². The SMILES string of the molecule is O=C(CN1C(=O)c2ccccc2C1=O)NCC1CCN(C(=O)c2ccccc2F)CC1. The predicted octanol–water partition coefficient (Wildman–Crippen LogP) is 2.09. The summed E-state index contributed by atoms with van der Waals surface area (Å²) in [5.74, 6) is -2.03. The average Bonchev–Trinajstić information content (AvgIpc) is 3.03. The van der Waals surface area contributed by atoms with Crippen molar-refractivity contribution in [3.8, 4) is 0 Å². The van der Waals surface area contributed by atoms with Crippen molar-refractivity contribution in [1.82, 2.24) is 15.1 Å². The van der Waals surface area contributed by atoms with Crippen LogP contribution in [0.5, 0.6) is 0 Å². The average molecular weight is 423 g/mol. The highest BCUT2D eigenvalue weighted by Gasteiger charge is 2.36. The molecule has 8 heteroatoms. The number of imide groups is 1. The van der Waals surface area contributed by atoms with E-state index in [9.17, 15) is 23.6 Å². The van der Waals surface area contributed by atoms with Crippen LogP contribution in [0.1, 0.15) is 43.9 Å². The Hall–Kier alpha value is -3.55. The molecule has 0 aromatic heterocycles. The van der Waals surface area contributed by atoms with Gasteiger partial charge in [0, 0.05) is 19.6 Å². The Kier molecular flexibility index (Phi) is 5.79. The van der Waals surface area contributed by atoms with Gasteiger partial charge in [0.15, 0.2) is 0 Å². The molecule has 0 radical (unpaired) electrons. The molecule has 0 spiro atoms. The van der Waals surface area contributed by atoms with Gasteiger partial charge >= 0.3 is 0 Å². The van der Waals surface area contributed by atoms with E-state index in [4.69, 9.17) is 0 Å². The molecule has 4 rings (SSSR count). The molecule has 2 aromatic rings. The van der Waals surface area contributed by atoms with Crippen LogP contribution in [0.2, 0.25) is 0 Å². The monoisotopic (exact) mass is 423 g/mol. The Labute approximate surface area is 178 Å². The molecule has 4 amide bonds. The maximum atomic E-state index is 13.8. The summed E-state index contributed by atoms with van der Waals surface area (Å²) in [6.07, 6.45) is 1.35. The Bertz CT molecular complexity index is 1010. The van der Waals surface area contributed by atoms with Crippen molar-refractivity contribution >= 4 is 23.6 Å². The first-order valence-corrected chi connectivity index (χ1v) is 10.2. The van der Waals surface area contributed by atoms with Crippen LogP contribution in [0, 0.1) is 11.7 Å². The highest BCUT2D eigenvalue weighted by atomic mass is 19.1. The van der Waals surface area contributed by atoms with Gasteiger partial charge in [-0.05, 0) is 43.0 Å². The summed E-state index contributed by atoms with van der Waals surface area (Å²) in [4.78, 5) is 52.1. The maximum absolute atomic E-state index is 13.8. The van der Waals surface area contributed by atoms with Gasteiger partial charge in [0.1, 0.15) is 12.4 Å². The molecule has 160 valence electrons. The van der Waals surface area contributed by atoms with Crippen LogP contribution in [-0.4, -0.2) is 59.6 Å². The van der Waals surface area contributed by atoms with Crippen LogP contribution < -0.4 is 5.32 Å². The molecule has 2 heterocycles. The van der Waals surface area contributed by atoms with E-state index in [0.717, 1.165) is 4.90 Å². The van der Waals surface area contributed by atoms with Gasteiger partial charge in [0.25, 0.3) is 17.7 Å². The molecule has 2 aromatic carbocycles. The van der Waals surface area contributed by atoms with E-state index < -0.39 is 23.5 Å². The number of carbonyl (C=O) groups excluding carboxylic acids is 4. The fraction of sp³-hybridized carbons (Fsp3) is 0.304. The van der Waals surface area contributed by atoms with Crippen molar-refractivity contribution in [3.63, 3.8) is 0 Å². The molecule has 1 fully saturated rings. The van der Waals surface area contributed by atoms with Gasteiger partial charge in [-0.15, -0.1) is 0 Å². The normalized spacial score (nSPS) is 16.4. The molecule has 2 aliphatic heterocycles. The van der Waals surface area contributed by atoms with Gasteiger partial charge in [-0.1, -0.05) is 24.3 Å². The minimum absolute atomic E-state index is 0.0650. The molecule has 2 aliphatic rings. The first-order valence-electron chi connectivity index (χ1n) is 10.2. The Morgan fingerprint density at radius 3 is 2.13 bits per heavy atom. The number of halogens is 1. The first kappa shape index (κ1) is 20.7. The summed E-state index contributed by atoms with van der Waals surface area (Å²) in [5.41, 5.74) is 0.689. The molecule has 1 saturated heterocycles. The van der Waals surface area contributed by atoms with Gasteiger partial charge in [0.05, 0.1) is 16.7 Å². The number of nitrogens with one attached hydrogen (secondary N) is 1. The zero-order valence-corrected chi connectivity index (χ0v) is 16.8. The molecular weight excluding hydrogens is 401 g/mol. The highest BCUT2D eigenvalue weighted by molar-refractivity contribution is 6.22. The number of nitrogens with zero attached hydrogens (tertiary/aromatic N) is 2. The lowest BCUT2D eigenvalue weighted by atomic mass is 9.96. The van der Waals surface area contributed by atoms with E-state index in [1.807, 2.05) is 0 Å². The van der Waals surface area contributed by atoms with E-state index in [-0.39, 0.29) is 23.9 Å². The highest BCUT2D eigenvalue weighted by Crippen LogP contribution is 2.22. The third kappa shape index (κ3) is 4.19. The summed E-state index contributed by atoms with van der Waals surface area (Å²) in [6, 6.07) is 12.4. The second-order valence-corrected chi connectivity index (χ2v) is 7.76. The van der Waals surface area contributed by atoms with Gasteiger partial charge in [-0.3, -0.25) is 24.1 Å². The fourth-order valence-corrected chi connectivity index (χ4v) is 3.99. The number of amides is 4. The van der Waals surface area contributed by atoms with Gasteiger partial charge in [0.2, 0.25) is 5.91 Å². The van der Waals surface area contributed by atoms with E-state index in [1.165, 1.54) is 12.1 Å². The number of hydrogen-bond donors (Lipinski definition) is 1. The fourth-order valence-electron chi connectivity index (χ4n) is 3.99. The van der Waals surface area contributed by atoms with Crippen LogP contribution in [0.25, 0.3) is 0 Å². The molecule has 1 N–H and O–H groups in total. The number of likely N-dealkylation sites (tertiary alicyclic amines) is 1. The quantitative estimate of drug-likeness (QED) is 0.747. The summed E-state index contributed by atoms with van der Waals surface area (Å²) in [7, 11) is 0. The molecular formula is C23H22FN3O4. The van der Waals surface area contributed by atoms with Crippen molar-refractivity contribution in [2.45, 2.75) is 12.8 Å². The van der Waals surface area contributed by atoms with Crippen molar-refractivity contribution < 1.29 is 23.6 Å². The Morgan fingerprint density at radius 1 is 0.935 bits per heavy atom. The number of rotatable bonds is 5. The number of carbonyl (C=O) groups is 4. The van der Waals surface area contributed by atoms with E-state index in [0.29, 0.717) is 43.6 Å². The second-order valence-electron chi connectivity index (χ2n) is 7.76. The molecule has 0 bridgehead atoms. The molecule has 0 unspecified atom stereocenters. The van der Waals surface area contributed by atoms with Crippen molar-refractivity contribution in [2.75, 3.05) is 26.2 Å². The van der Waals surface area contributed by atoms with Gasteiger partial charge in [-0.25, -0.2) is 4.39 Å². The second kappa shape index (κ2) is 8.67. The van der Waals surface area contributed by atoms with Crippen molar-refractivity contribution in [3.05, 3.63) is 71.0 Å². The summed E-state index contributed by atoms with van der Waals surface area (Å²) in [5, 5.41) is 2.78. The topological polar surface area (TPSA) is 86.8 Å². The molecule has 7 nitrogen and oxygen atoms in total. The maximum Gasteiger partial charge on any atom is 0.262 e. The predicted molar refractivity (Wildman–Crippen MR) is 110 cm³/mol. The van der Waals surface area contributed by atoms with Gasteiger partial charge < -0.3 is 10.2 Å². The van der Waals surface area contributed by atoms with Crippen LogP contribution in [0.15, 0.2) is 48.5 Å². The van der Waals surface area contributed by atoms with Crippen LogP contribution in [-0.2, 0) is 4.79 Å². The van der Waals surface area contributed by atoms with E-state index >= 15 is 0 Å². The van der Waals surface area contributed by atoms with Crippen molar-refractivity contribution in [1.29, 1.82) is 0 Å². The third-order valence-corrected chi connectivity index (χ3v) is 5.77. The minimum atomic E-state index is -0.532.